The van der Waals surface area contributed by atoms with Gasteiger partial charge < -0.3 is 14.4 Å². The van der Waals surface area contributed by atoms with Gasteiger partial charge in [0.2, 0.25) is 0 Å². The van der Waals surface area contributed by atoms with E-state index in [1.54, 1.807) is 7.11 Å². The van der Waals surface area contributed by atoms with E-state index in [9.17, 15) is 0 Å². The maximum absolute atomic E-state index is 5.92. The maximum Gasteiger partial charge on any atom is 0.142 e. The van der Waals surface area contributed by atoms with E-state index in [0.29, 0.717) is 0 Å². The monoisotopic (exact) mass is 379 g/mol. The molecule has 0 aliphatic carbocycles. The fourth-order valence-corrected chi connectivity index (χ4v) is 3.91. The Balaban J connectivity index is 1.14. The number of rotatable bonds is 8. The third-order valence-electron chi connectivity index (χ3n) is 5.54. The Morgan fingerprint density at radius 1 is 1.00 bits per heavy atom. The van der Waals surface area contributed by atoms with Crippen molar-refractivity contribution in [2.75, 3.05) is 51.3 Å². The highest BCUT2D eigenvalue weighted by atomic mass is 16.5. The molecule has 2 aliphatic heterocycles. The molecule has 0 atom stereocenters. The molecule has 0 spiro atoms. The van der Waals surface area contributed by atoms with E-state index in [2.05, 4.69) is 39.1 Å². The van der Waals surface area contributed by atoms with Crippen molar-refractivity contribution in [1.82, 2.24) is 4.90 Å². The van der Waals surface area contributed by atoms with Crippen molar-refractivity contribution in [1.29, 1.82) is 0 Å². The minimum Gasteiger partial charge on any atom is -0.495 e. The molecular formula is C23H29N3O2. The number of nitrogens with zero attached hydrogens (tertiary/aromatic N) is 3. The van der Waals surface area contributed by atoms with Gasteiger partial charge in [-0.15, -0.1) is 0 Å². The minimum absolute atomic E-state index is 0.779. The third-order valence-corrected chi connectivity index (χ3v) is 5.54. The van der Waals surface area contributed by atoms with E-state index in [4.69, 9.17) is 9.47 Å². The molecule has 0 N–H and O–H groups in total. The lowest BCUT2D eigenvalue weighted by atomic mass is 10.1. The lowest BCUT2D eigenvalue weighted by Gasteiger charge is -2.36. The molecule has 0 amide bonds. The number of fused-ring (bicyclic) bond motifs is 1. The molecule has 5 nitrogen and oxygen atoms in total. The van der Waals surface area contributed by atoms with Crippen LogP contribution in [0.2, 0.25) is 0 Å². The highest BCUT2D eigenvalue weighted by molar-refractivity contribution is 5.84. The molecule has 0 bridgehead atoms. The second-order valence-electron chi connectivity index (χ2n) is 7.39. The van der Waals surface area contributed by atoms with Crippen LogP contribution in [0.1, 0.15) is 24.0 Å². The lowest BCUT2D eigenvalue weighted by molar-refractivity contribution is 0.238. The molecule has 4 rings (SSSR count). The Bertz CT molecular complexity index is 813. The summed E-state index contributed by atoms with van der Waals surface area (Å²) in [5, 5.41) is 0. The highest BCUT2D eigenvalue weighted by Crippen LogP contribution is 2.28. The van der Waals surface area contributed by atoms with E-state index in [0.717, 1.165) is 63.8 Å². The van der Waals surface area contributed by atoms with E-state index in [1.807, 2.05) is 24.4 Å². The van der Waals surface area contributed by atoms with Crippen molar-refractivity contribution in [3.8, 4) is 11.5 Å². The van der Waals surface area contributed by atoms with Crippen LogP contribution in [0.3, 0.4) is 0 Å². The summed E-state index contributed by atoms with van der Waals surface area (Å²) in [4.78, 5) is 9.27. The first-order chi connectivity index (χ1) is 13.8. The molecule has 1 saturated heterocycles. The summed E-state index contributed by atoms with van der Waals surface area (Å²) in [6, 6.07) is 14.6. The van der Waals surface area contributed by atoms with Crippen molar-refractivity contribution in [2.24, 2.45) is 4.99 Å². The number of hydrogen-bond donors (Lipinski definition) is 0. The first-order valence-electron chi connectivity index (χ1n) is 10.2. The standard InChI is InChI=1S/C23H29N3O2/c1-27-23-7-3-2-6-22(23)26-13-11-25(12-14-26)10-4-5-15-28-21-9-8-19-17-24-18-20(19)16-21/h2-3,6-9,16-17H,4-5,10-15,18H2,1H3. The molecule has 2 aliphatic rings. The molecule has 1 fully saturated rings. The summed E-state index contributed by atoms with van der Waals surface area (Å²) in [5.74, 6) is 1.93. The number of methoxy groups -OCH3 is 1. The van der Waals surface area contributed by atoms with Crippen molar-refractivity contribution in [3.63, 3.8) is 0 Å². The Morgan fingerprint density at radius 2 is 1.86 bits per heavy atom. The first kappa shape index (κ1) is 18.8. The van der Waals surface area contributed by atoms with E-state index >= 15 is 0 Å². The average molecular weight is 380 g/mol. The van der Waals surface area contributed by atoms with E-state index in [-0.39, 0.29) is 0 Å². The Kier molecular flexibility index (Phi) is 6.12. The van der Waals surface area contributed by atoms with Crippen molar-refractivity contribution in [3.05, 3.63) is 53.6 Å². The number of aliphatic imine (C=N–C) groups is 1. The Hall–Kier alpha value is -2.53. The van der Waals surface area contributed by atoms with Gasteiger partial charge in [-0.25, -0.2) is 0 Å². The smallest absolute Gasteiger partial charge is 0.142 e. The summed E-state index contributed by atoms with van der Waals surface area (Å²) in [6.07, 6.45) is 4.19. The van der Waals surface area contributed by atoms with Gasteiger partial charge in [0.05, 0.1) is 25.9 Å². The largest absolute Gasteiger partial charge is 0.495 e. The molecule has 5 heteroatoms. The van der Waals surface area contributed by atoms with Crippen LogP contribution < -0.4 is 14.4 Å². The molecule has 148 valence electrons. The molecule has 28 heavy (non-hydrogen) atoms. The summed E-state index contributed by atoms with van der Waals surface area (Å²) in [6.45, 7) is 7.00. The zero-order valence-corrected chi connectivity index (χ0v) is 16.6. The van der Waals surface area contributed by atoms with Crippen molar-refractivity contribution >= 4 is 11.9 Å². The zero-order valence-electron chi connectivity index (χ0n) is 16.6. The minimum atomic E-state index is 0.779. The van der Waals surface area contributed by atoms with Gasteiger partial charge in [0, 0.05) is 32.4 Å². The van der Waals surface area contributed by atoms with E-state index < -0.39 is 0 Å². The number of hydrogen-bond acceptors (Lipinski definition) is 5. The molecule has 0 aromatic heterocycles. The van der Waals surface area contributed by atoms with Crippen molar-refractivity contribution in [2.45, 2.75) is 19.4 Å². The zero-order chi connectivity index (χ0) is 19.2. The predicted octanol–water partition coefficient (Wildman–Crippen LogP) is 3.61. The SMILES string of the molecule is COc1ccccc1N1CCN(CCCCOc2ccc3c(c2)CN=C3)CC1. The van der Waals surface area contributed by atoms with Gasteiger partial charge in [0.25, 0.3) is 0 Å². The third kappa shape index (κ3) is 4.47. The van der Waals surface area contributed by atoms with Crippen LogP contribution in [0.15, 0.2) is 47.5 Å². The molecule has 2 heterocycles. The summed E-state index contributed by atoms with van der Waals surface area (Å²) < 4.78 is 11.4. The predicted molar refractivity (Wildman–Crippen MR) is 114 cm³/mol. The van der Waals surface area contributed by atoms with Crippen LogP contribution in [0.25, 0.3) is 0 Å². The number of benzene rings is 2. The number of piperazine rings is 1. The molecular weight excluding hydrogens is 350 g/mol. The highest BCUT2D eigenvalue weighted by Gasteiger charge is 2.19. The normalized spacial score (nSPS) is 16.2. The van der Waals surface area contributed by atoms with Crippen LogP contribution in [-0.2, 0) is 6.54 Å². The first-order valence-corrected chi connectivity index (χ1v) is 10.2. The second kappa shape index (κ2) is 9.11. The number of para-hydroxylation sites is 2. The van der Waals surface area contributed by atoms with Gasteiger partial charge in [0.15, 0.2) is 0 Å². The van der Waals surface area contributed by atoms with Gasteiger partial charge in [-0.2, -0.15) is 0 Å². The molecule has 2 aromatic carbocycles. The van der Waals surface area contributed by atoms with Gasteiger partial charge >= 0.3 is 0 Å². The number of ether oxygens (including phenoxy) is 2. The van der Waals surface area contributed by atoms with Crippen LogP contribution in [0, 0.1) is 0 Å². The molecule has 0 saturated carbocycles. The molecule has 0 radical (unpaired) electrons. The molecule has 2 aromatic rings. The number of anilines is 1. The summed E-state index contributed by atoms with van der Waals surface area (Å²) in [5.41, 5.74) is 3.70. The van der Waals surface area contributed by atoms with Gasteiger partial charge in [-0.1, -0.05) is 12.1 Å². The van der Waals surface area contributed by atoms with E-state index in [1.165, 1.54) is 23.2 Å². The van der Waals surface area contributed by atoms with Crippen LogP contribution in [-0.4, -0.2) is 57.6 Å². The van der Waals surface area contributed by atoms with Crippen molar-refractivity contribution < 1.29 is 9.47 Å². The van der Waals surface area contributed by atoms with Gasteiger partial charge in [-0.05, 0) is 60.8 Å². The number of unbranched alkanes of at least 4 members (excludes halogenated alkanes) is 1. The van der Waals surface area contributed by atoms with Gasteiger partial charge in [-0.3, -0.25) is 9.89 Å². The average Bonchev–Trinajstić information content (AvgIpc) is 3.22. The molecule has 0 unspecified atom stereocenters. The van der Waals surface area contributed by atoms with Crippen LogP contribution >= 0.6 is 0 Å². The second-order valence-corrected chi connectivity index (χ2v) is 7.39. The summed E-state index contributed by atoms with van der Waals surface area (Å²) >= 11 is 0. The Morgan fingerprint density at radius 3 is 2.71 bits per heavy atom. The lowest BCUT2D eigenvalue weighted by Crippen LogP contribution is -2.46. The quantitative estimate of drug-likeness (QED) is 0.657. The topological polar surface area (TPSA) is 37.3 Å². The van der Waals surface area contributed by atoms with Crippen LogP contribution in [0.5, 0.6) is 11.5 Å². The van der Waals surface area contributed by atoms with Gasteiger partial charge in [0.1, 0.15) is 11.5 Å². The fraction of sp³-hybridized carbons (Fsp3) is 0.435. The fourth-order valence-electron chi connectivity index (χ4n) is 3.91. The van der Waals surface area contributed by atoms with Crippen LogP contribution in [0.4, 0.5) is 5.69 Å². The summed E-state index contributed by atoms with van der Waals surface area (Å²) in [7, 11) is 1.74. The Labute approximate surface area is 167 Å². The maximum atomic E-state index is 5.92.